The summed E-state index contributed by atoms with van der Waals surface area (Å²) in [6.45, 7) is 8.61. The fraction of sp³-hybridized carbons (Fsp3) is 0.464. The molecule has 2 aliphatic rings. The number of aliphatic carboxylic acids is 1. The maximum atomic E-state index is 13.1. The Morgan fingerprint density at radius 2 is 1.62 bits per heavy atom. The third kappa shape index (κ3) is 5.78. The highest BCUT2D eigenvalue weighted by atomic mass is 32.2. The van der Waals surface area contributed by atoms with Gasteiger partial charge in [-0.25, -0.2) is 9.59 Å². The van der Waals surface area contributed by atoms with Crippen LogP contribution in [0.2, 0.25) is 18.1 Å². The second-order valence-electron chi connectivity index (χ2n) is 9.65. The molecule has 0 fully saturated rings. The van der Waals surface area contributed by atoms with E-state index >= 15 is 0 Å². The number of ether oxygens (including phenoxy) is 1. The number of aliphatic imine (C=N–C) groups is 1. The van der Waals surface area contributed by atoms with Crippen molar-refractivity contribution in [2.24, 2.45) is 4.99 Å². The highest BCUT2D eigenvalue weighted by Crippen LogP contribution is 2.44. The van der Waals surface area contributed by atoms with Crippen molar-refractivity contribution < 1.29 is 23.9 Å². The number of benzene rings is 2. The average molecular weight is 541 g/mol. The van der Waals surface area contributed by atoms with Gasteiger partial charge in [-0.05, 0) is 47.3 Å². The molecule has 7 nitrogen and oxygen atoms in total. The van der Waals surface area contributed by atoms with E-state index in [1.165, 1.54) is 22.9 Å². The molecule has 0 saturated heterocycles. The molecule has 198 valence electrons. The molecule has 2 N–H and O–H groups in total. The number of alkyl carbamates (subject to hydrolysis) is 1. The molecule has 0 radical (unpaired) electrons. The lowest BCUT2D eigenvalue weighted by Crippen LogP contribution is -2.52. The van der Waals surface area contributed by atoms with Gasteiger partial charge in [0.15, 0.2) is 14.4 Å². The quantitative estimate of drug-likeness (QED) is 0.344. The Balaban J connectivity index is 1.50. The van der Waals surface area contributed by atoms with Crippen molar-refractivity contribution in [1.29, 1.82) is 0 Å². The van der Waals surface area contributed by atoms with Gasteiger partial charge < -0.3 is 19.6 Å². The number of fused-ring (bicyclic) bond motifs is 3. The summed E-state index contributed by atoms with van der Waals surface area (Å²) in [5, 5.41) is 13.0. The number of amides is 1. The second-order valence-corrected chi connectivity index (χ2v) is 15.4. The summed E-state index contributed by atoms with van der Waals surface area (Å²) in [5.41, 5.74) is 4.63. The predicted molar refractivity (Wildman–Crippen MR) is 151 cm³/mol. The van der Waals surface area contributed by atoms with Gasteiger partial charge in [0, 0.05) is 11.7 Å². The van der Waals surface area contributed by atoms with Crippen molar-refractivity contribution in [1.82, 2.24) is 5.32 Å². The third-order valence-electron chi connectivity index (χ3n) is 7.68. The van der Waals surface area contributed by atoms with Crippen LogP contribution in [-0.2, 0) is 14.0 Å². The molecule has 4 rings (SSSR count). The standard InChI is InChI=1S/C28H36N2O5SSi/c1-5-37(6-2,7-3)35-18(4)25(26-29-24(17-36-26)27(31)32)30-28(33)34-16-23-21-14-10-8-12-19(21)20-13-9-11-15-22(20)23/h8-15,18,23-25H,5-7,16-17H2,1-4H3,(H,30,33)(H,31,32)/t18-,24-,25+/m1/s1. The molecule has 0 aromatic heterocycles. The highest BCUT2D eigenvalue weighted by molar-refractivity contribution is 8.14. The molecular formula is C28H36N2O5SSi. The number of carboxylic acids is 1. The Morgan fingerprint density at radius 1 is 1.05 bits per heavy atom. The van der Waals surface area contributed by atoms with Crippen LogP contribution in [-0.4, -0.2) is 61.1 Å². The molecule has 0 unspecified atom stereocenters. The number of hydrogen-bond donors (Lipinski definition) is 2. The maximum absolute atomic E-state index is 13.1. The number of nitrogens with one attached hydrogen (secondary N) is 1. The minimum absolute atomic E-state index is 0.0415. The van der Waals surface area contributed by atoms with E-state index < -0.39 is 32.5 Å². The van der Waals surface area contributed by atoms with Crippen LogP contribution in [0.5, 0.6) is 0 Å². The monoisotopic (exact) mass is 540 g/mol. The number of carbonyl (C=O) groups is 2. The lowest BCUT2D eigenvalue weighted by molar-refractivity contribution is -0.137. The summed E-state index contributed by atoms with van der Waals surface area (Å²) in [4.78, 5) is 29.1. The first kappa shape index (κ1) is 27.4. The van der Waals surface area contributed by atoms with Gasteiger partial charge >= 0.3 is 12.1 Å². The number of carboxylic acid groups (broad SMARTS) is 1. The summed E-state index contributed by atoms with van der Waals surface area (Å²) >= 11 is 1.37. The summed E-state index contributed by atoms with van der Waals surface area (Å²) in [7, 11) is -1.98. The molecule has 9 heteroatoms. The van der Waals surface area contributed by atoms with Crippen molar-refractivity contribution in [2.75, 3.05) is 12.4 Å². The zero-order valence-corrected chi connectivity index (χ0v) is 23.7. The minimum atomic E-state index is -1.98. The number of thioether (sulfide) groups is 1. The van der Waals surface area contributed by atoms with Gasteiger partial charge in [-0.2, -0.15) is 0 Å². The second kappa shape index (κ2) is 11.8. The Bertz CT molecular complexity index is 1120. The molecule has 1 heterocycles. The SMILES string of the molecule is CC[Si](CC)(CC)O[C@H](C)[C@H](NC(=O)OCC1c2ccccc2-c2ccccc21)C1=N[C@@H](C(=O)O)CS1. The normalized spacial score (nSPS) is 18.5. The molecule has 2 aromatic rings. The Hall–Kier alpha value is -2.62. The van der Waals surface area contributed by atoms with E-state index in [4.69, 9.17) is 9.16 Å². The number of rotatable bonds is 11. The Morgan fingerprint density at radius 3 is 2.14 bits per heavy atom. The van der Waals surface area contributed by atoms with E-state index in [9.17, 15) is 14.7 Å². The number of carbonyl (C=O) groups excluding carboxylic acids is 1. The third-order valence-corrected chi connectivity index (χ3v) is 13.6. The molecule has 1 amide bonds. The number of nitrogens with zero attached hydrogens (tertiary/aromatic N) is 1. The lowest BCUT2D eigenvalue weighted by Gasteiger charge is -2.35. The first-order valence-corrected chi connectivity index (χ1v) is 16.6. The fourth-order valence-electron chi connectivity index (χ4n) is 5.30. The fourth-order valence-corrected chi connectivity index (χ4v) is 9.40. The molecule has 0 spiro atoms. The van der Waals surface area contributed by atoms with Gasteiger partial charge in [0.05, 0.1) is 11.1 Å². The van der Waals surface area contributed by atoms with Crippen molar-refractivity contribution >= 4 is 37.2 Å². The summed E-state index contributed by atoms with van der Waals surface area (Å²) < 4.78 is 12.4. The first-order chi connectivity index (χ1) is 17.8. The van der Waals surface area contributed by atoms with Crippen LogP contribution in [0, 0.1) is 0 Å². The van der Waals surface area contributed by atoms with Gasteiger partial charge in [0.25, 0.3) is 0 Å². The van der Waals surface area contributed by atoms with E-state index in [0.717, 1.165) is 29.3 Å². The average Bonchev–Trinajstić information content (AvgIpc) is 3.53. The predicted octanol–water partition coefficient (Wildman–Crippen LogP) is 5.90. The van der Waals surface area contributed by atoms with Crippen LogP contribution in [0.3, 0.4) is 0 Å². The van der Waals surface area contributed by atoms with Crippen LogP contribution in [0.1, 0.15) is 44.7 Å². The van der Waals surface area contributed by atoms with Gasteiger partial charge in [-0.1, -0.05) is 69.3 Å². The summed E-state index contributed by atoms with van der Waals surface area (Å²) in [6.07, 6.45) is -0.910. The van der Waals surface area contributed by atoms with E-state index in [-0.39, 0.29) is 18.6 Å². The lowest BCUT2D eigenvalue weighted by atomic mass is 9.98. The number of hydrogen-bond acceptors (Lipinski definition) is 6. The maximum Gasteiger partial charge on any atom is 0.407 e. The van der Waals surface area contributed by atoms with E-state index in [2.05, 4.69) is 55.3 Å². The van der Waals surface area contributed by atoms with Crippen LogP contribution < -0.4 is 5.32 Å². The molecule has 0 bridgehead atoms. The smallest absolute Gasteiger partial charge is 0.407 e. The largest absolute Gasteiger partial charge is 0.480 e. The van der Waals surface area contributed by atoms with E-state index in [1.807, 2.05) is 31.2 Å². The van der Waals surface area contributed by atoms with Gasteiger partial charge in [0.1, 0.15) is 12.6 Å². The van der Waals surface area contributed by atoms with Crippen molar-refractivity contribution in [3.05, 3.63) is 59.7 Å². The van der Waals surface area contributed by atoms with Gasteiger partial charge in [-0.15, -0.1) is 11.8 Å². The first-order valence-electron chi connectivity index (χ1n) is 13.0. The van der Waals surface area contributed by atoms with Gasteiger partial charge in [-0.3, -0.25) is 4.99 Å². The minimum Gasteiger partial charge on any atom is -0.480 e. The molecule has 1 aliphatic carbocycles. The highest BCUT2D eigenvalue weighted by Gasteiger charge is 2.38. The summed E-state index contributed by atoms with van der Waals surface area (Å²) in [5.74, 6) is -0.659. The molecule has 1 aliphatic heterocycles. The Kier molecular flexibility index (Phi) is 8.77. The molecule has 37 heavy (non-hydrogen) atoms. The molecular weight excluding hydrogens is 504 g/mol. The topological polar surface area (TPSA) is 97.2 Å². The zero-order valence-electron chi connectivity index (χ0n) is 21.9. The molecule has 3 atom stereocenters. The summed E-state index contributed by atoms with van der Waals surface area (Å²) in [6, 6.07) is 18.0. The zero-order chi connectivity index (χ0) is 26.6. The molecule has 0 saturated carbocycles. The van der Waals surface area contributed by atoms with E-state index in [1.54, 1.807) is 0 Å². The van der Waals surface area contributed by atoms with E-state index in [0.29, 0.717) is 10.8 Å². The molecule has 2 aromatic carbocycles. The van der Waals surface area contributed by atoms with Gasteiger partial charge in [0.2, 0.25) is 0 Å². The van der Waals surface area contributed by atoms with Crippen LogP contribution >= 0.6 is 11.8 Å². The van der Waals surface area contributed by atoms with Crippen molar-refractivity contribution in [2.45, 2.75) is 69.9 Å². The van der Waals surface area contributed by atoms with Crippen LogP contribution in [0.4, 0.5) is 4.79 Å². The Labute approximate surface area is 224 Å². The van der Waals surface area contributed by atoms with Crippen molar-refractivity contribution in [3.8, 4) is 11.1 Å². The van der Waals surface area contributed by atoms with Crippen LogP contribution in [0.25, 0.3) is 11.1 Å². The van der Waals surface area contributed by atoms with Crippen LogP contribution in [0.15, 0.2) is 53.5 Å². The van der Waals surface area contributed by atoms with Crippen molar-refractivity contribution in [3.63, 3.8) is 0 Å².